The minimum Gasteiger partial charge on any atom is -0.494 e. The van der Waals surface area contributed by atoms with E-state index in [-0.39, 0.29) is 24.3 Å². The van der Waals surface area contributed by atoms with Gasteiger partial charge in [-0.2, -0.15) is 0 Å². The molecule has 9 heteroatoms. The highest BCUT2D eigenvalue weighted by molar-refractivity contribution is 7.93. The first-order valence-corrected chi connectivity index (χ1v) is 16.7. The van der Waals surface area contributed by atoms with Crippen LogP contribution in [-0.2, 0) is 25.9 Å². The van der Waals surface area contributed by atoms with Gasteiger partial charge in [-0.05, 0) is 94.1 Å². The summed E-state index contributed by atoms with van der Waals surface area (Å²) in [4.78, 5) is 18.0. The Morgan fingerprint density at radius 3 is 2.02 bits per heavy atom. The van der Waals surface area contributed by atoms with Crippen molar-refractivity contribution in [1.29, 1.82) is 0 Å². The molecule has 0 bridgehead atoms. The summed E-state index contributed by atoms with van der Waals surface area (Å²) < 4.78 is 43.2. The van der Waals surface area contributed by atoms with Gasteiger partial charge in [-0.15, -0.1) is 0 Å². The molecule has 0 N–H and O–H groups in total. The van der Waals surface area contributed by atoms with Crippen molar-refractivity contribution in [2.75, 3.05) is 52.5 Å². The summed E-state index contributed by atoms with van der Waals surface area (Å²) in [6, 6.07) is 14.5. The molecule has 0 spiro atoms. The third-order valence-electron chi connectivity index (χ3n) is 8.18. The third kappa shape index (κ3) is 8.02. The summed E-state index contributed by atoms with van der Waals surface area (Å²) in [5.41, 5.74) is 1.12. The van der Waals surface area contributed by atoms with Gasteiger partial charge < -0.3 is 14.2 Å². The molecule has 0 atom stereocenters. The van der Waals surface area contributed by atoms with Crippen LogP contribution in [0, 0.1) is 0 Å². The van der Waals surface area contributed by atoms with E-state index >= 15 is 0 Å². The predicted molar refractivity (Wildman–Crippen MR) is 160 cm³/mol. The lowest BCUT2D eigenvalue weighted by atomic mass is 9.95. The molecule has 2 aliphatic rings. The molecule has 2 aromatic rings. The van der Waals surface area contributed by atoms with E-state index in [2.05, 4.69) is 28.9 Å². The minimum atomic E-state index is -3.98. The summed E-state index contributed by atoms with van der Waals surface area (Å²) in [7, 11) is -3.98. The van der Waals surface area contributed by atoms with Crippen LogP contribution in [0.1, 0.15) is 64.4 Å². The number of carbonyl (C=O) groups is 1. The van der Waals surface area contributed by atoms with Gasteiger partial charge in [-0.25, -0.2) is 8.42 Å². The molecular formula is C32H46N2O6S. The molecule has 41 heavy (non-hydrogen) atoms. The van der Waals surface area contributed by atoms with E-state index < -0.39 is 20.6 Å². The molecule has 2 heterocycles. The second-order valence-electron chi connectivity index (χ2n) is 11.1. The molecule has 2 aromatic carbocycles. The second kappa shape index (κ2) is 15.0. The number of rotatable bonds is 14. The van der Waals surface area contributed by atoms with E-state index in [1.807, 2.05) is 12.1 Å². The highest BCUT2D eigenvalue weighted by Crippen LogP contribution is 2.38. The Morgan fingerprint density at radius 2 is 1.41 bits per heavy atom. The molecule has 226 valence electrons. The number of nitrogens with zero attached hydrogens (tertiary/aromatic N) is 2. The molecule has 0 amide bonds. The van der Waals surface area contributed by atoms with E-state index in [1.165, 1.54) is 19.3 Å². The summed E-state index contributed by atoms with van der Waals surface area (Å²) in [6.07, 6.45) is 6.20. The normalized spacial score (nSPS) is 18.1. The van der Waals surface area contributed by atoms with E-state index in [0.29, 0.717) is 38.6 Å². The molecule has 2 fully saturated rings. The van der Waals surface area contributed by atoms with Crippen LogP contribution in [0.5, 0.6) is 11.5 Å². The highest BCUT2D eigenvalue weighted by atomic mass is 32.2. The lowest BCUT2D eigenvalue weighted by Crippen LogP contribution is -2.54. The molecule has 0 aliphatic carbocycles. The van der Waals surface area contributed by atoms with Gasteiger partial charge in [-0.1, -0.05) is 31.9 Å². The van der Waals surface area contributed by atoms with Crippen LogP contribution in [0.25, 0.3) is 0 Å². The zero-order chi connectivity index (χ0) is 29.1. The van der Waals surface area contributed by atoms with Crippen LogP contribution >= 0.6 is 0 Å². The Bertz CT molecular complexity index is 1190. The number of carbonyl (C=O) groups excluding carboxylic acids is 1. The summed E-state index contributed by atoms with van der Waals surface area (Å²) in [5.74, 6) is 0.823. The maximum Gasteiger partial charge on any atom is 0.327 e. The van der Waals surface area contributed by atoms with E-state index in [1.54, 1.807) is 31.2 Å². The van der Waals surface area contributed by atoms with Gasteiger partial charge >= 0.3 is 5.97 Å². The van der Waals surface area contributed by atoms with Gasteiger partial charge in [0.1, 0.15) is 18.1 Å². The van der Waals surface area contributed by atoms with E-state index in [0.717, 1.165) is 43.8 Å². The van der Waals surface area contributed by atoms with Crippen molar-refractivity contribution in [1.82, 2.24) is 9.80 Å². The zero-order valence-corrected chi connectivity index (χ0v) is 25.5. The fraction of sp³-hybridized carbons (Fsp3) is 0.594. The average molecular weight is 587 g/mol. The Kier molecular flexibility index (Phi) is 11.5. The standard InChI is InChI=1S/C32H46N2O6S/c1-3-5-24-39-29-13-15-30(16-14-29)41(36,37)32(31(35)38-4-2)17-21-34(22-18-32)26-27-9-11-28(12-10-27)40-25-23-33-19-7-6-8-20-33/h9-16H,3-8,17-26H2,1-2H3. The second-order valence-corrected chi connectivity index (χ2v) is 13.3. The number of piperidine rings is 2. The fourth-order valence-corrected chi connectivity index (χ4v) is 7.56. The van der Waals surface area contributed by atoms with Gasteiger partial charge in [0.05, 0.1) is 18.1 Å². The number of esters is 1. The van der Waals surface area contributed by atoms with E-state index in [9.17, 15) is 13.2 Å². The van der Waals surface area contributed by atoms with Crippen LogP contribution in [-0.4, -0.2) is 81.5 Å². The van der Waals surface area contributed by atoms with Crippen LogP contribution in [0.2, 0.25) is 0 Å². The van der Waals surface area contributed by atoms with Crippen molar-refractivity contribution in [2.24, 2.45) is 0 Å². The summed E-state index contributed by atoms with van der Waals surface area (Å²) >= 11 is 0. The molecule has 0 aromatic heterocycles. The van der Waals surface area contributed by atoms with Crippen molar-refractivity contribution >= 4 is 15.8 Å². The third-order valence-corrected chi connectivity index (χ3v) is 10.7. The largest absolute Gasteiger partial charge is 0.494 e. The Labute approximate surface area is 245 Å². The molecule has 0 radical (unpaired) electrons. The molecular weight excluding hydrogens is 540 g/mol. The fourth-order valence-electron chi connectivity index (χ4n) is 5.62. The number of sulfone groups is 1. The van der Waals surface area contributed by atoms with Gasteiger partial charge in [0.15, 0.2) is 14.6 Å². The first-order chi connectivity index (χ1) is 19.9. The average Bonchev–Trinajstić information content (AvgIpc) is 2.99. The number of likely N-dealkylation sites (tertiary alicyclic amines) is 2. The minimum absolute atomic E-state index is 0.123. The van der Waals surface area contributed by atoms with E-state index in [4.69, 9.17) is 14.2 Å². The van der Waals surface area contributed by atoms with Crippen LogP contribution in [0.4, 0.5) is 0 Å². The van der Waals surface area contributed by atoms with Crippen molar-refractivity contribution in [3.8, 4) is 11.5 Å². The van der Waals surface area contributed by atoms with Crippen LogP contribution < -0.4 is 9.47 Å². The molecule has 2 saturated heterocycles. The first kappa shape index (κ1) is 31.3. The quantitative estimate of drug-likeness (QED) is 0.223. The predicted octanol–water partition coefficient (Wildman–Crippen LogP) is 5.10. The van der Waals surface area contributed by atoms with Crippen LogP contribution in [0.15, 0.2) is 53.4 Å². The Balaban J connectivity index is 1.35. The number of hydrogen-bond acceptors (Lipinski definition) is 8. The number of ether oxygens (including phenoxy) is 3. The van der Waals surface area contributed by atoms with Gasteiger partial charge in [0, 0.05) is 26.2 Å². The topological polar surface area (TPSA) is 85.4 Å². The zero-order valence-electron chi connectivity index (χ0n) is 24.7. The molecule has 0 unspecified atom stereocenters. The summed E-state index contributed by atoms with van der Waals surface area (Å²) in [5, 5.41) is 0. The van der Waals surface area contributed by atoms with Gasteiger partial charge in [0.25, 0.3) is 0 Å². The van der Waals surface area contributed by atoms with Crippen LogP contribution in [0.3, 0.4) is 0 Å². The van der Waals surface area contributed by atoms with Gasteiger partial charge in [0.2, 0.25) is 0 Å². The summed E-state index contributed by atoms with van der Waals surface area (Å²) in [6.45, 7) is 10.1. The first-order valence-electron chi connectivity index (χ1n) is 15.2. The number of hydrogen-bond donors (Lipinski definition) is 0. The van der Waals surface area contributed by atoms with Crippen molar-refractivity contribution in [3.05, 3.63) is 54.1 Å². The van der Waals surface area contributed by atoms with Crippen molar-refractivity contribution < 1.29 is 27.4 Å². The molecule has 2 aliphatic heterocycles. The lowest BCUT2D eigenvalue weighted by molar-refractivity contribution is -0.147. The van der Waals surface area contributed by atoms with Gasteiger partial charge in [-0.3, -0.25) is 14.6 Å². The maximum absolute atomic E-state index is 13.9. The maximum atomic E-state index is 13.9. The highest BCUT2D eigenvalue weighted by Gasteiger charge is 2.54. The number of benzene rings is 2. The van der Waals surface area contributed by atoms with Crippen molar-refractivity contribution in [3.63, 3.8) is 0 Å². The molecule has 8 nitrogen and oxygen atoms in total. The Morgan fingerprint density at radius 1 is 0.805 bits per heavy atom. The molecule has 0 saturated carbocycles. The smallest absolute Gasteiger partial charge is 0.327 e. The molecule has 4 rings (SSSR count). The van der Waals surface area contributed by atoms with Crippen molar-refractivity contribution in [2.45, 2.75) is 75.0 Å². The monoisotopic (exact) mass is 586 g/mol. The Hall–Kier alpha value is -2.62. The lowest BCUT2D eigenvalue weighted by Gasteiger charge is -2.39. The SMILES string of the molecule is CCCCOc1ccc(S(=O)(=O)C2(C(=O)OCC)CCN(Cc3ccc(OCCN4CCCCC4)cc3)CC2)cc1. The number of unbranched alkanes of at least 4 members (excludes halogenated alkanes) is 1.